The molecule has 0 aromatic heterocycles. The summed E-state index contributed by atoms with van der Waals surface area (Å²) in [5.41, 5.74) is 3.13. The largest absolute Gasteiger partial charge is 0.480 e. The zero-order valence-corrected chi connectivity index (χ0v) is 48.4. The van der Waals surface area contributed by atoms with Gasteiger partial charge in [0.05, 0.1) is 43.0 Å². The van der Waals surface area contributed by atoms with Crippen molar-refractivity contribution >= 4 is 62.8 Å². The maximum Gasteiger partial charge on any atom is 0.317 e. The Hall–Kier alpha value is -6.72. The maximum atomic E-state index is 12.2. The van der Waals surface area contributed by atoms with Gasteiger partial charge in [0, 0.05) is 51.7 Å². The van der Waals surface area contributed by atoms with Gasteiger partial charge in [0.25, 0.3) is 0 Å². The van der Waals surface area contributed by atoms with Crippen LogP contribution in [0.4, 0.5) is 0 Å². The van der Waals surface area contributed by atoms with Gasteiger partial charge < -0.3 is 36.8 Å². The summed E-state index contributed by atoms with van der Waals surface area (Å²) in [7, 11) is 0.615. The summed E-state index contributed by atoms with van der Waals surface area (Å²) in [4.78, 5) is 104. The van der Waals surface area contributed by atoms with Crippen LogP contribution in [-0.2, 0) is 72.3 Å². The van der Waals surface area contributed by atoms with Crippen LogP contribution < -0.4 is 37.2 Å². The highest BCUT2D eigenvalue weighted by Gasteiger charge is 2.23. The van der Waals surface area contributed by atoms with Crippen LogP contribution >= 0.6 is 0 Å². The Morgan fingerprint density at radius 1 is 0.494 bits per heavy atom. The fraction of sp³-hybridized carbons (Fsp3) is 0.526. The summed E-state index contributed by atoms with van der Waals surface area (Å²) >= 11 is 0. The second-order valence-corrected chi connectivity index (χ2v) is 21.7. The second kappa shape index (κ2) is 42.3. The molecule has 0 heterocycles. The van der Waals surface area contributed by atoms with Crippen molar-refractivity contribution in [3.8, 4) is 0 Å². The molecule has 0 aliphatic carbocycles. The first-order chi connectivity index (χ1) is 37.2. The van der Waals surface area contributed by atoms with Crippen molar-refractivity contribution in [1.29, 1.82) is 0 Å². The number of nitrogens with one attached hydrogen (secondary N) is 7. The maximum absolute atomic E-state index is 12.2. The summed E-state index contributed by atoms with van der Waals surface area (Å²) < 4.78 is 22.1. The molecule has 4 atom stereocenters. The van der Waals surface area contributed by atoms with Gasteiger partial charge in [-0.1, -0.05) is 112 Å². The minimum absolute atomic E-state index is 0.00227. The van der Waals surface area contributed by atoms with Crippen LogP contribution in [0.1, 0.15) is 90.3 Å². The number of amides is 4. The summed E-state index contributed by atoms with van der Waals surface area (Å²) in [6, 6.07) is 27.3. The average Bonchev–Trinajstić information content (AvgIpc) is 3.37. The highest BCUT2D eigenvalue weighted by molar-refractivity contribution is 7.90. The molecule has 0 spiro atoms. The van der Waals surface area contributed by atoms with E-state index in [0.29, 0.717) is 58.0 Å². The number of ketones is 3. The number of hydrogen-bond donors (Lipinski definition) is 9. The number of aliphatic carboxylic acids is 2. The Balaban J connectivity index is 0.00000103. The first-order valence-corrected chi connectivity index (χ1v) is 28.5. The number of carboxylic acid groups (broad SMARTS) is 2. The molecule has 0 aliphatic rings. The summed E-state index contributed by atoms with van der Waals surface area (Å²) in [6.45, 7) is 11.8. The van der Waals surface area contributed by atoms with Gasteiger partial charge in [-0.3, -0.25) is 58.7 Å². The highest BCUT2D eigenvalue weighted by Crippen LogP contribution is 2.09. The topological polar surface area (TPSA) is 316 Å². The lowest BCUT2D eigenvalue weighted by Crippen LogP contribution is -2.48. The third-order valence-electron chi connectivity index (χ3n) is 11.2. The van der Waals surface area contributed by atoms with Gasteiger partial charge in [-0.15, -0.1) is 0 Å². The Kier molecular flexibility index (Phi) is 38.7. The molecular formula is C57H88N8O13S. The molecule has 79 heavy (non-hydrogen) atoms. The Morgan fingerprint density at radius 3 is 1.18 bits per heavy atom. The molecule has 0 radical (unpaired) electrons. The van der Waals surface area contributed by atoms with E-state index in [-0.39, 0.29) is 85.0 Å². The van der Waals surface area contributed by atoms with Gasteiger partial charge in [0.2, 0.25) is 23.6 Å². The number of nitrogens with zero attached hydrogens (tertiary/aromatic N) is 1. The van der Waals surface area contributed by atoms with Gasteiger partial charge in [-0.25, -0.2) is 8.42 Å². The third kappa shape index (κ3) is 40.2. The Labute approximate surface area is 467 Å². The van der Waals surface area contributed by atoms with Crippen molar-refractivity contribution in [2.45, 2.75) is 117 Å². The molecule has 0 bridgehead atoms. The number of benzene rings is 3. The predicted octanol–water partition coefficient (Wildman–Crippen LogP) is 2.55. The van der Waals surface area contributed by atoms with Crippen molar-refractivity contribution in [2.24, 2.45) is 5.92 Å². The van der Waals surface area contributed by atoms with E-state index in [1.807, 2.05) is 124 Å². The molecular weight excluding hydrogens is 1040 g/mol. The number of carboxylic acids is 2. The van der Waals surface area contributed by atoms with E-state index in [0.717, 1.165) is 35.9 Å². The van der Waals surface area contributed by atoms with Crippen LogP contribution in [0.15, 0.2) is 91.0 Å². The van der Waals surface area contributed by atoms with E-state index >= 15 is 0 Å². The standard InChI is InChI=1S/C16H24N2O2.C15H22N2O2.C14H20N2O5S.C12H22N2O4/c1-3-10-17-15(12-14-7-5-4-6-8-14)16(20)18-11-9-13(2)19;1-12(18)9-10-16-15(19)14(17(2)3)11-13-7-5-4-6-8-13;1-22(20,21)8-7-15-14(19)12(16-10-13(17)18)9-11-5-3-2-4-6-11;1-8(2)6-10(14-7-11(16)17)12(18)13-5-4-9(3)15/h4-8,15,17H,3,9-12H2,1-2H3,(H,18,20);4-8,14H,9-11H2,1-3H3,(H,16,19);2-6,12,16H,7-10H2,1H3,(H,15,19)(H,17,18);8,10,14H,4-7H2,1-3H3,(H,13,18)(H,16,17)/t15-;14-;12-;10-/m0000/s1. The molecule has 440 valence electrons. The minimum Gasteiger partial charge on any atom is -0.480 e. The van der Waals surface area contributed by atoms with Crippen LogP contribution in [0.25, 0.3) is 0 Å². The number of sulfone groups is 1. The van der Waals surface area contributed by atoms with Gasteiger partial charge in [0.1, 0.15) is 27.2 Å². The molecule has 0 saturated heterocycles. The second-order valence-electron chi connectivity index (χ2n) is 19.5. The molecule has 0 fully saturated rings. The summed E-state index contributed by atoms with van der Waals surface area (Å²) in [6.07, 6.45) is 5.33. The zero-order chi connectivity index (χ0) is 59.8. The molecule has 9 N–H and O–H groups in total. The third-order valence-corrected chi connectivity index (χ3v) is 12.1. The van der Waals surface area contributed by atoms with Crippen LogP contribution in [-0.4, -0.2) is 173 Å². The average molecular weight is 1130 g/mol. The fourth-order valence-electron chi connectivity index (χ4n) is 6.99. The van der Waals surface area contributed by atoms with Gasteiger partial charge in [-0.2, -0.15) is 0 Å². The quantitative estimate of drug-likeness (QED) is 0.0415. The summed E-state index contributed by atoms with van der Waals surface area (Å²) in [5.74, 6) is -2.52. The van der Waals surface area contributed by atoms with E-state index in [1.54, 1.807) is 0 Å². The van der Waals surface area contributed by atoms with Gasteiger partial charge in [0.15, 0.2) is 0 Å². The molecule has 0 aliphatic heterocycles. The number of carbonyl (C=O) groups excluding carboxylic acids is 7. The minimum atomic E-state index is -3.16. The molecule has 4 amide bonds. The number of carbonyl (C=O) groups is 9. The predicted molar refractivity (Wildman–Crippen MR) is 306 cm³/mol. The molecule has 21 nitrogen and oxygen atoms in total. The monoisotopic (exact) mass is 1120 g/mol. The molecule has 3 rings (SSSR count). The summed E-state index contributed by atoms with van der Waals surface area (Å²) in [5, 5.41) is 36.7. The van der Waals surface area contributed by atoms with E-state index in [2.05, 4.69) is 44.1 Å². The van der Waals surface area contributed by atoms with Crippen LogP contribution in [0, 0.1) is 5.92 Å². The van der Waals surface area contributed by atoms with Gasteiger partial charge >= 0.3 is 11.9 Å². The molecule has 3 aromatic rings. The zero-order valence-electron chi connectivity index (χ0n) is 47.6. The molecule has 0 saturated carbocycles. The number of rotatable bonds is 34. The van der Waals surface area contributed by atoms with Crippen molar-refractivity contribution in [3.05, 3.63) is 108 Å². The van der Waals surface area contributed by atoms with Crippen LogP contribution in [0.3, 0.4) is 0 Å². The normalized spacial score (nSPS) is 12.2. The van der Waals surface area contributed by atoms with E-state index < -0.39 is 39.8 Å². The molecule has 3 aromatic carbocycles. The van der Waals surface area contributed by atoms with Crippen molar-refractivity contribution < 1.29 is 61.8 Å². The SMILES string of the molecule is CC(=O)CCNC(=O)[C@H](CC(C)C)NCC(=O)O.CC(=O)CCNC(=O)[C@H](Cc1ccccc1)N(C)C.CCCN[C@@H](Cc1ccccc1)C(=O)NCCC(C)=O.CS(=O)(=O)CCNC(=O)[C@H](Cc1ccccc1)NCC(=O)O. The lowest BCUT2D eigenvalue weighted by atomic mass is 10.0. The first kappa shape index (κ1) is 72.3. The van der Waals surface area contributed by atoms with E-state index in [9.17, 15) is 51.6 Å². The molecule has 22 heteroatoms. The van der Waals surface area contributed by atoms with E-state index in [4.69, 9.17) is 10.2 Å². The lowest BCUT2D eigenvalue weighted by molar-refractivity contribution is -0.137. The first-order valence-electron chi connectivity index (χ1n) is 26.4. The van der Waals surface area contributed by atoms with Crippen LogP contribution in [0.5, 0.6) is 0 Å². The van der Waals surface area contributed by atoms with E-state index in [1.165, 1.54) is 20.8 Å². The Bertz CT molecular complexity index is 2390. The number of hydrogen-bond acceptors (Lipinski definition) is 15. The Morgan fingerprint density at radius 2 is 0.835 bits per heavy atom. The molecule has 0 unspecified atom stereocenters. The smallest absolute Gasteiger partial charge is 0.317 e. The van der Waals surface area contributed by atoms with Crippen molar-refractivity contribution in [1.82, 2.24) is 42.1 Å². The fourth-order valence-corrected chi connectivity index (χ4v) is 7.46. The number of Topliss-reactive ketones (excluding diaryl/α,β-unsaturated/α-hetero) is 3. The highest BCUT2D eigenvalue weighted by atomic mass is 32.2. The number of likely N-dealkylation sites (N-methyl/N-ethyl adjacent to an activating group) is 1. The van der Waals surface area contributed by atoms with Crippen molar-refractivity contribution in [2.75, 3.05) is 71.9 Å². The van der Waals surface area contributed by atoms with Crippen molar-refractivity contribution in [3.63, 3.8) is 0 Å². The van der Waals surface area contributed by atoms with Gasteiger partial charge in [-0.05, 0) is 96.1 Å². The van der Waals surface area contributed by atoms with Crippen LogP contribution in [0.2, 0.25) is 0 Å². The lowest BCUT2D eigenvalue weighted by Gasteiger charge is -2.23.